The Morgan fingerprint density at radius 3 is 3.05 bits per heavy atom. The summed E-state index contributed by atoms with van der Waals surface area (Å²) in [4.78, 5) is 2.43. The molecule has 0 spiro atoms. The molecule has 0 saturated carbocycles. The van der Waals surface area contributed by atoms with E-state index in [4.69, 9.17) is 15.2 Å². The Morgan fingerprint density at radius 1 is 1.32 bits per heavy atom. The minimum absolute atomic E-state index is 0.0234. The number of hydrogen-bond acceptors (Lipinski definition) is 4. The van der Waals surface area contributed by atoms with Crippen molar-refractivity contribution < 1.29 is 9.47 Å². The van der Waals surface area contributed by atoms with Crippen LogP contribution in [0.3, 0.4) is 0 Å². The third kappa shape index (κ3) is 2.61. The molecule has 2 N–H and O–H groups in total. The number of fused-ring (bicyclic) bond motifs is 1. The summed E-state index contributed by atoms with van der Waals surface area (Å²) in [6, 6.07) is 8.37. The van der Waals surface area contributed by atoms with E-state index in [0.717, 1.165) is 37.4 Å². The van der Waals surface area contributed by atoms with Crippen LogP contribution in [0.4, 0.5) is 0 Å². The van der Waals surface area contributed by atoms with E-state index in [1.807, 2.05) is 18.2 Å². The standard InChI is InChI=1S/C15H22N2O2/c1-11-9-17(7-4-8-18-11)13-10-19-14-6-3-2-5-12(14)15(13)16/h2-3,5-6,11,13,15H,4,7-10,16H2,1H3. The first-order valence-corrected chi connectivity index (χ1v) is 7.08. The first-order valence-electron chi connectivity index (χ1n) is 7.08. The zero-order chi connectivity index (χ0) is 13.2. The molecule has 2 heterocycles. The Balaban J connectivity index is 1.79. The fraction of sp³-hybridized carbons (Fsp3) is 0.600. The Kier molecular flexibility index (Phi) is 3.73. The van der Waals surface area contributed by atoms with E-state index >= 15 is 0 Å². The SMILES string of the molecule is CC1CN(C2COc3ccccc3C2N)CCCO1. The molecule has 3 unspecified atom stereocenters. The van der Waals surface area contributed by atoms with Crippen LogP contribution in [0.15, 0.2) is 24.3 Å². The van der Waals surface area contributed by atoms with E-state index in [1.165, 1.54) is 0 Å². The van der Waals surface area contributed by atoms with Crippen LogP contribution in [0.5, 0.6) is 5.75 Å². The van der Waals surface area contributed by atoms with Gasteiger partial charge in [-0.3, -0.25) is 4.90 Å². The minimum atomic E-state index is 0.0234. The summed E-state index contributed by atoms with van der Waals surface area (Å²) in [7, 11) is 0. The van der Waals surface area contributed by atoms with E-state index in [2.05, 4.69) is 17.9 Å². The number of hydrogen-bond donors (Lipinski definition) is 1. The van der Waals surface area contributed by atoms with Gasteiger partial charge in [-0.2, -0.15) is 0 Å². The zero-order valence-corrected chi connectivity index (χ0v) is 11.4. The van der Waals surface area contributed by atoms with Gasteiger partial charge >= 0.3 is 0 Å². The van der Waals surface area contributed by atoms with Crippen molar-refractivity contribution in [3.63, 3.8) is 0 Å². The van der Waals surface area contributed by atoms with Gasteiger partial charge in [0.2, 0.25) is 0 Å². The van der Waals surface area contributed by atoms with Crippen LogP contribution < -0.4 is 10.5 Å². The Morgan fingerprint density at radius 2 is 2.16 bits per heavy atom. The molecule has 1 aromatic rings. The van der Waals surface area contributed by atoms with Crippen LogP contribution in [-0.4, -0.2) is 43.3 Å². The lowest BCUT2D eigenvalue weighted by molar-refractivity contribution is 0.0451. The van der Waals surface area contributed by atoms with Crippen molar-refractivity contribution in [2.24, 2.45) is 5.73 Å². The molecular weight excluding hydrogens is 240 g/mol. The van der Waals surface area contributed by atoms with Crippen molar-refractivity contribution in [3.8, 4) is 5.75 Å². The second-order valence-corrected chi connectivity index (χ2v) is 5.47. The second-order valence-electron chi connectivity index (χ2n) is 5.47. The van der Waals surface area contributed by atoms with Gasteiger partial charge in [0.05, 0.1) is 18.2 Å². The number of nitrogens with two attached hydrogens (primary N) is 1. The van der Waals surface area contributed by atoms with Crippen molar-refractivity contribution in [1.82, 2.24) is 4.90 Å². The van der Waals surface area contributed by atoms with Gasteiger partial charge in [0.15, 0.2) is 0 Å². The fourth-order valence-corrected chi connectivity index (χ4v) is 3.03. The maximum atomic E-state index is 6.46. The molecule has 3 atom stereocenters. The van der Waals surface area contributed by atoms with Crippen LogP contribution in [0.25, 0.3) is 0 Å². The molecule has 0 radical (unpaired) electrons. The lowest BCUT2D eigenvalue weighted by Gasteiger charge is -2.39. The number of para-hydroxylation sites is 1. The number of benzene rings is 1. The number of rotatable bonds is 1. The van der Waals surface area contributed by atoms with Crippen molar-refractivity contribution >= 4 is 0 Å². The van der Waals surface area contributed by atoms with Crippen molar-refractivity contribution in [2.75, 3.05) is 26.3 Å². The first kappa shape index (κ1) is 12.9. The molecule has 0 aliphatic carbocycles. The summed E-state index contributed by atoms with van der Waals surface area (Å²) in [5.74, 6) is 0.936. The molecule has 1 aromatic carbocycles. The van der Waals surface area contributed by atoms with Crippen molar-refractivity contribution in [1.29, 1.82) is 0 Å². The zero-order valence-electron chi connectivity index (χ0n) is 11.4. The van der Waals surface area contributed by atoms with Gasteiger partial charge in [0.25, 0.3) is 0 Å². The highest BCUT2D eigenvalue weighted by Gasteiger charge is 2.33. The molecule has 0 aromatic heterocycles. The lowest BCUT2D eigenvalue weighted by Crippen LogP contribution is -2.50. The molecule has 104 valence electrons. The van der Waals surface area contributed by atoms with Gasteiger partial charge in [-0.25, -0.2) is 0 Å². The molecule has 0 bridgehead atoms. The molecule has 2 aliphatic heterocycles. The third-order valence-corrected chi connectivity index (χ3v) is 4.05. The third-order valence-electron chi connectivity index (χ3n) is 4.05. The van der Waals surface area contributed by atoms with Gasteiger partial charge in [0, 0.05) is 25.3 Å². The first-order chi connectivity index (χ1) is 9.25. The maximum absolute atomic E-state index is 6.46. The molecule has 4 nitrogen and oxygen atoms in total. The average molecular weight is 262 g/mol. The van der Waals surface area contributed by atoms with Crippen LogP contribution >= 0.6 is 0 Å². The summed E-state index contributed by atoms with van der Waals surface area (Å²) in [6.07, 6.45) is 1.33. The predicted molar refractivity (Wildman–Crippen MR) is 74.3 cm³/mol. The van der Waals surface area contributed by atoms with Crippen LogP contribution in [0.2, 0.25) is 0 Å². The van der Waals surface area contributed by atoms with Gasteiger partial charge in [0.1, 0.15) is 12.4 Å². The molecule has 1 saturated heterocycles. The van der Waals surface area contributed by atoms with Gasteiger partial charge in [-0.05, 0) is 19.4 Å². The highest BCUT2D eigenvalue weighted by atomic mass is 16.5. The van der Waals surface area contributed by atoms with E-state index in [0.29, 0.717) is 6.61 Å². The summed E-state index contributed by atoms with van der Waals surface area (Å²) in [5.41, 5.74) is 7.58. The molecule has 19 heavy (non-hydrogen) atoms. The van der Waals surface area contributed by atoms with Crippen molar-refractivity contribution in [2.45, 2.75) is 31.5 Å². The fourth-order valence-electron chi connectivity index (χ4n) is 3.03. The van der Waals surface area contributed by atoms with Crippen LogP contribution in [0.1, 0.15) is 24.9 Å². The van der Waals surface area contributed by atoms with Gasteiger partial charge in [-0.1, -0.05) is 18.2 Å². The Hall–Kier alpha value is -1.10. The molecule has 2 aliphatic rings. The largest absolute Gasteiger partial charge is 0.492 e. The average Bonchev–Trinajstić information content (AvgIpc) is 2.64. The van der Waals surface area contributed by atoms with Crippen LogP contribution in [0, 0.1) is 0 Å². The predicted octanol–water partition coefficient (Wildman–Crippen LogP) is 1.56. The van der Waals surface area contributed by atoms with E-state index < -0.39 is 0 Å². The lowest BCUT2D eigenvalue weighted by atomic mass is 9.95. The molecule has 3 rings (SSSR count). The highest BCUT2D eigenvalue weighted by Crippen LogP contribution is 2.32. The quantitative estimate of drug-likeness (QED) is 0.834. The van der Waals surface area contributed by atoms with Gasteiger partial charge < -0.3 is 15.2 Å². The Bertz CT molecular complexity index is 438. The number of ether oxygens (including phenoxy) is 2. The van der Waals surface area contributed by atoms with Crippen molar-refractivity contribution in [3.05, 3.63) is 29.8 Å². The molecule has 4 heteroatoms. The Labute approximate surface area is 114 Å². The molecule has 1 fully saturated rings. The summed E-state index contributed by atoms with van der Waals surface area (Å²) in [6.45, 7) is 5.61. The van der Waals surface area contributed by atoms with E-state index in [9.17, 15) is 0 Å². The second kappa shape index (κ2) is 5.49. The highest BCUT2D eigenvalue weighted by molar-refractivity contribution is 5.38. The van der Waals surface area contributed by atoms with Gasteiger partial charge in [-0.15, -0.1) is 0 Å². The molecule has 0 amide bonds. The van der Waals surface area contributed by atoms with E-state index in [1.54, 1.807) is 0 Å². The molecular formula is C15H22N2O2. The topological polar surface area (TPSA) is 47.7 Å². The monoisotopic (exact) mass is 262 g/mol. The normalized spacial score (nSPS) is 32.2. The summed E-state index contributed by atoms with van der Waals surface area (Å²) >= 11 is 0. The van der Waals surface area contributed by atoms with E-state index in [-0.39, 0.29) is 18.2 Å². The number of nitrogens with zero attached hydrogens (tertiary/aromatic N) is 1. The minimum Gasteiger partial charge on any atom is -0.492 e. The summed E-state index contributed by atoms with van der Waals surface area (Å²) < 4.78 is 11.6. The maximum Gasteiger partial charge on any atom is 0.124 e. The van der Waals surface area contributed by atoms with Crippen LogP contribution in [-0.2, 0) is 4.74 Å². The summed E-state index contributed by atoms with van der Waals surface area (Å²) in [5, 5.41) is 0. The smallest absolute Gasteiger partial charge is 0.124 e.